The zero-order valence-corrected chi connectivity index (χ0v) is 11.1. The van der Waals surface area contributed by atoms with Crippen LogP contribution in [0.1, 0.15) is 37.3 Å². The van der Waals surface area contributed by atoms with Crippen molar-refractivity contribution >= 4 is 17.3 Å². The van der Waals surface area contributed by atoms with Crippen LogP contribution in [0.15, 0.2) is 18.2 Å². The van der Waals surface area contributed by atoms with Gasteiger partial charge in [0.1, 0.15) is 11.1 Å². The van der Waals surface area contributed by atoms with E-state index in [9.17, 15) is 15.4 Å². The van der Waals surface area contributed by atoms with Gasteiger partial charge in [-0.05, 0) is 24.5 Å². The summed E-state index contributed by atoms with van der Waals surface area (Å²) in [5.74, 6) is 0. The van der Waals surface area contributed by atoms with E-state index in [-0.39, 0.29) is 10.7 Å². The van der Waals surface area contributed by atoms with Gasteiger partial charge in [-0.2, -0.15) is 5.26 Å². The van der Waals surface area contributed by atoms with Gasteiger partial charge < -0.3 is 0 Å². The van der Waals surface area contributed by atoms with Gasteiger partial charge in [0, 0.05) is 12.1 Å². The van der Waals surface area contributed by atoms with Crippen molar-refractivity contribution in [2.45, 2.75) is 37.8 Å². The van der Waals surface area contributed by atoms with E-state index < -0.39 is 11.0 Å². The van der Waals surface area contributed by atoms with Crippen molar-refractivity contribution in [3.05, 3.63) is 38.9 Å². The third-order valence-corrected chi connectivity index (χ3v) is 3.71. The molecular weight excluding hydrogens is 266 g/mol. The van der Waals surface area contributed by atoms with E-state index in [0.717, 1.165) is 25.7 Å². The van der Waals surface area contributed by atoms with Crippen molar-refractivity contribution in [2.24, 2.45) is 0 Å². The van der Waals surface area contributed by atoms with Crippen LogP contribution in [0.3, 0.4) is 0 Å². The van der Waals surface area contributed by atoms with Crippen LogP contribution in [0.5, 0.6) is 0 Å². The highest BCUT2D eigenvalue weighted by atomic mass is 35.5. The summed E-state index contributed by atoms with van der Waals surface area (Å²) in [6.45, 7) is 0. The lowest BCUT2D eigenvalue weighted by molar-refractivity contribution is -0.384. The Labute approximate surface area is 116 Å². The maximum atomic E-state index is 10.8. The van der Waals surface area contributed by atoms with Gasteiger partial charge in [-0.1, -0.05) is 30.5 Å². The van der Waals surface area contributed by atoms with Crippen molar-refractivity contribution in [2.75, 3.05) is 0 Å². The predicted octanol–water partition coefficient (Wildman–Crippen LogP) is 3.35. The fourth-order valence-electron chi connectivity index (χ4n) is 2.39. The molecule has 0 heterocycles. The summed E-state index contributed by atoms with van der Waals surface area (Å²) in [6.07, 6.45) is 4.43. The molecule has 0 saturated heterocycles. The second-order valence-electron chi connectivity index (χ2n) is 4.68. The fraction of sp³-hybridized carbons (Fsp3) is 0.462. The molecule has 5 nitrogen and oxygen atoms in total. The lowest BCUT2D eigenvalue weighted by Gasteiger charge is -2.17. The minimum absolute atomic E-state index is 0.0892. The number of nitro groups is 1. The predicted molar refractivity (Wildman–Crippen MR) is 71.9 cm³/mol. The molecule has 100 valence electrons. The van der Waals surface area contributed by atoms with Gasteiger partial charge in [0.2, 0.25) is 0 Å². The second-order valence-corrected chi connectivity index (χ2v) is 5.09. The van der Waals surface area contributed by atoms with Gasteiger partial charge in [-0.15, -0.1) is 0 Å². The molecule has 0 bridgehead atoms. The number of hydrogen-bond acceptors (Lipinski definition) is 4. The first-order chi connectivity index (χ1) is 9.11. The standard InChI is InChI=1S/C13H14ClN3O2/c14-11-6-5-9(7-13(11)17(18)19)12(8-15)16-10-3-1-2-4-10/h5-7,10,12,16H,1-4H2. The number of nitriles is 1. The van der Waals surface area contributed by atoms with Gasteiger partial charge in [0.05, 0.1) is 11.0 Å². The zero-order valence-electron chi connectivity index (χ0n) is 10.3. The minimum Gasteiger partial charge on any atom is -0.295 e. The molecule has 1 fully saturated rings. The third-order valence-electron chi connectivity index (χ3n) is 3.39. The number of nitrogens with one attached hydrogen (secondary N) is 1. The molecule has 0 radical (unpaired) electrons. The van der Waals surface area contributed by atoms with Crippen LogP contribution in [0.25, 0.3) is 0 Å². The van der Waals surface area contributed by atoms with E-state index in [0.29, 0.717) is 11.6 Å². The van der Waals surface area contributed by atoms with Gasteiger partial charge in [0.25, 0.3) is 5.69 Å². The highest BCUT2D eigenvalue weighted by Gasteiger charge is 2.22. The average molecular weight is 280 g/mol. The Morgan fingerprint density at radius 1 is 1.47 bits per heavy atom. The normalized spacial score (nSPS) is 17.1. The Hall–Kier alpha value is -1.64. The molecular formula is C13H14ClN3O2. The van der Waals surface area contributed by atoms with E-state index in [1.807, 2.05) is 0 Å². The van der Waals surface area contributed by atoms with Crippen molar-refractivity contribution in [3.63, 3.8) is 0 Å². The van der Waals surface area contributed by atoms with Gasteiger partial charge >= 0.3 is 0 Å². The van der Waals surface area contributed by atoms with Gasteiger partial charge in [0.15, 0.2) is 0 Å². The molecule has 1 N–H and O–H groups in total. The zero-order chi connectivity index (χ0) is 13.8. The highest BCUT2D eigenvalue weighted by molar-refractivity contribution is 6.32. The number of nitrogens with zero attached hydrogens (tertiary/aromatic N) is 2. The number of benzene rings is 1. The topological polar surface area (TPSA) is 79.0 Å². The molecule has 0 aliphatic heterocycles. The molecule has 0 amide bonds. The van der Waals surface area contributed by atoms with Crippen molar-refractivity contribution in [3.8, 4) is 6.07 Å². The van der Waals surface area contributed by atoms with E-state index in [1.54, 1.807) is 6.07 Å². The summed E-state index contributed by atoms with van der Waals surface area (Å²) >= 11 is 5.76. The Kier molecular flexibility index (Phi) is 4.35. The molecule has 1 aliphatic rings. The van der Waals surface area contributed by atoms with Crippen LogP contribution in [-0.4, -0.2) is 11.0 Å². The van der Waals surface area contributed by atoms with Gasteiger partial charge in [-0.25, -0.2) is 0 Å². The molecule has 1 atom stereocenters. The lowest BCUT2D eigenvalue weighted by Crippen LogP contribution is -2.29. The lowest BCUT2D eigenvalue weighted by atomic mass is 10.1. The van der Waals surface area contributed by atoms with E-state index in [1.165, 1.54) is 12.1 Å². The first kappa shape index (κ1) is 13.8. The van der Waals surface area contributed by atoms with E-state index in [2.05, 4.69) is 11.4 Å². The number of rotatable bonds is 4. The molecule has 1 saturated carbocycles. The molecule has 1 aromatic carbocycles. The summed E-state index contributed by atoms with van der Waals surface area (Å²) < 4.78 is 0. The largest absolute Gasteiger partial charge is 0.295 e. The Balaban J connectivity index is 2.20. The smallest absolute Gasteiger partial charge is 0.288 e. The maximum absolute atomic E-state index is 10.8. The highest BCUT2D eigenvalue weighted by Crippen LogP contribution is 2.29. The van der Waals surface area contributed by atoms with Crippen molar-refractivity contribution < 1.29 is 4.92 Å². The number of hydrogen-bond donors (Lipinski definition) is 1. The molecule has 1 unspecified atom stereocenters. The Morgan fingerprint density at radius 2 is 2.16 bits per heavy atom. The second kappa shape index (κ2) is 6.00. The summed E-state index contributed by atoms with van der Waals surface area (Å²) in [4.78, 5) is 10.3. The molecule has 1 aliphatic carbocycles. The molecule has 0 spiro atoms. The van der Waals surface area contributed by atoms with E-state index in [4.69, 9.17) is 11.6 Å². The fourth-order valence-corrected chi connectivity index (χ4v) is 2.57. The van der Waals surface area contributed by atoms with E-state index >= 15 is 0 Å². The quantitative estimate of drug-likeness (QED) is 0.677. The van der Waals surface area contributed by atoms with Crippen LogP contribution in [0.4, 0.5) is 5.69 Å². The van der Waals surface area contributed by atoms with Crippen molar-refractivity contribution in [1.82, 2.24) is 5.32 Å². The monoisotopic (exact) mass is 279 g/mol. The third kappa shape index (κ3) is 3.22. The summed E-state index contributed by atoms with van der Waals surface area (Å²) in [7, 11) is 0. The molecule has 6 heteroatoms. The summed E-state index contributed by atoms with van der Waals surface area (Å²) in [5, 5.41) is 23.4. The van der Waals surface area contributed by atoms with Crippen LogP contribution < -0.4 is 5.32 Å². The average Bonchev–Trinajstić information content (AvgIpc) is 2.89. The van der Waals surface area contributed by atoms with Crippen LogP contribution in [0.2, 0.25) is 5.02 Å². The molecule has 2 rings (SSSR count). The van der Waals surface area contributed by atoms with Crippen LogP contribution in [0, 0.1) is 21.4 Å². The SMILES string of the molecule is N#CC(NC1CCCC1)c1ccc(Cl)c([N+](=O)[O-])c1. The molecule has 19 heavy (non-hydrogen) atoms. The van der Waals surface area contributed by atoms with Crippen molar-refractivity contribution in [1.29, 1.82) is 5.26 Å². The van der Waals surface area contributed by atoms with Gasteiger partial charge in [-0.3, -0.25) is 15.4 Å². The van der Waals surface area contributed by atoms with Crippen LogP contribution >= 0.6 is 11.6 Å². The number of nitro benzene ring substituents is 1. The Bertz CT molecular complexity index is 521. The first-order valence-electron chi connectivity index (χ1n) is 6.21. The summed E-state index contributed by atoms with van der Waals surface area (Å²) in [6, 6.07) is 6.44. The van der Waals surface area contributed by atoms with Crippen LogP contribution in [-0.2, 0) is 0 Å². The molecule has 1 aromatic rings. The first-order valence-corrected chi connectivity index (χ1v) is 6.59. The minimum atomic E-state index is -0.532. The molecule has 0 aromatic heterocycles. The maximum Gasteiger partial charge on any atom is 0.288 e. The Morgan fingerprint density at radius 3 is 2.74 bits per heavy atom. The number of halogens is 1. The summed E-state index contributed by atoms with van der Waals surface area (Å²) in [5.41, 5.74) is 0.429.